The molecule has 0 aliphatic rings. The van der Waals surface area contributed by atoms with E-state index in [1.807, 2.05) is 13.8 Å². The first kappa shape index (κ1) is 14.8. The highest BCUT2D eigenvalue weighted by Crippen LogP contribution is 2.27. The Kier molecular flexibility index (Phi) is 5.48. The minimum absolute atomic E-state index is 0.300. The Bertz CT molecular complexity index is 363. The van der Waals surface area contributed by atoms with Crippen LogP contribution in [0.3, 0.4) is 0 Å². The van der Waals surface area contributed by atoms with Gasteiger partial charge in [-0.05, 0) is 57.1 Å². The van der Waals surface area contributed by atoms with Gasteiger partial charge in [0.1, 0.15) is 18.1 Å². The molecule has 18 heavy (non-hydrogen) atoms. The fraction of sp³-hybridized carbons (Fsp3) is 0.600. The second kappa shape index (κ2) is 6.64. The zero-order valence-electron chi connectivity index (χ0n) is 12.2. The van der Waals surface area contributed by atoms with Crippen LogP contribution in [0.25, 0.3) is 0 Å². The number of hydrogen-bond donors (Lipinski definition) is 1. The van der Waals surface area contributed by atoms with Crippen LogP contribution in [0.2, 0.25) is 0 Å². The maximum absolute atomic E-state index is 9.50. The lowest BCUT2D eigenvalue weighted by molar-refractivity contribution is 0.157. The smallest absolute Gasteiger partial charge is 0.125 e. The Morgan fingerprint density at radius 1 is 1.17 bits per heavy atom. The largest absolute Gasteiger partial charge is 0.508 e. The van der Waals surface area contributed by atoms with Crippen molar-refractivity contribution in [3.63, 3.8) is 0 Å². The van der Waals surface area contributed by atoms with Crippen LogP contribution in [-0.4, -0.2) is 35.7 Å². The van der Waals surface area contributed by atoms with Crippen LogP contribution in [0.15, 0.2) is 12.1 Å². The van der Waals surface area contributed by atoms with Crippen molar-refractivity contribution >= 4 is 0 Å². The lowest BCUT2D eigenvalue weighted by atomic mass is 10.1. The number of rotatable bonds is 6. The first-order chi connectivity index (χ1) is 8.49. The van der Waals surface area contributed by atoms with E-state index in [1.165, 1.54) is 0 Å². The summed E-state index contributed by atoms with van der Waals surface area (Å²) in [6.45, 7) is 13.2. The lowest BCUT2D eigenvalue weighted by Crippen LogP contribution is -2.37. The van der Waals surface area contributed by atoms with Crippen LogP contribution in [0.1, 0.15) is 31.9 Å². The molecule has 1 atom stereocenters. The average Bonchev–Trinajstić information content (AvgIpc) is 2.29. The molecule has 1 aromatic carbocycles. The number of aromatic hydroxyl groups is 1. The molecule has 0 heterocycles. The summed E-state index contributed by atoms with van der Waals surface area (Å²) in [6.07, 6.45) is 0. The molecule has 0 amide bonds. The third kappa shape index (κ3) is 3.64. The molecular weight excluding hydrogens is 226 g/mol. The number of ether oxygens (including phenoxy) is 1. The van der Waals surface area contributed by atoms with Crippen molar-refractivity contribution in [2.45, 2.75) is 40.7 Å². The predicted molar refractivity (Wildman–Crippen MR) is 75.5 cm³/mol. The Hall–Kier alpha value is -1.22. The van der Waals surface area contributed by atoms with E-state index in [1.54, 1.807) is 12.1 Å². The lowest BCUT2D eigenvalue weighted by Gasteiger charge is -2.26. The summed E-state index contributed by atoms with van der Waals surface area (Å²) in [4.78, 5) is 2.37. The van der Waals surface area contributed by atoms with E-state index in [0.717, 1.165) is 30.0 Å². The number of phenolic OH excluding ortho intramolecular Hbond substituents is 1. The third-order valence-corrected chi connectivity index (χ3v) is 3.35. The summed E-state index contributed by atoms with van der Waals surface area (Å²) in [5.74, 6) is 1.20. The number of aryl methyl sites for hydroxylation is 2. The summed E-state index contributed by atoms with van der Waals surface area (Å²) in [5, 5.41) is 9.50. The van der Waals surface area contributed by atoms with Crippen molar-refractivity contribution in [1.29, 1.82) is 0 Å². The summed E-state index contributed by atoms with van der Waals surface area (Å²) < 4.78 is 5.92. The van der Waals surface area contributed by atoms with Gasteiger partial charge in [-0.15, -0.1) is 0 Å². The molecule has 0 saturated carbocycles. The van der Waals surface area contributed by atoms with Gasteiger partial charge >= 0.3 is 0 Å². The standard InChI is InChI=1S/C15H25NO2/c1-6-16(7-2)13(5)10-18-15-11(3)8-14(17)9-12(15)4/h8-9,13,17H,6-7,10H2,1-5H3/t13-/m1/s1. The SMILES string of the molecule is CCN(CC)[C@H](C)COc1c(C)cc(O)cc1C. The van der Waals surface area contributed by atoms with Crippen molar-refractivity contribution in [1.82, 2.24) is 4.90 Å². The van der Waals surface area contributed by atoms with Gasteiger partial charge < -0.3 is 9.84 Å². The minimum atomic E-state index is 0.300. The van der Waals surface area contributed by atoms with E-state index >= 15 is 0 Å². The fourth-order valence-corrected chi connectivity index (χ4v) is 2.31. The van der Waals surface area contributed by atoms with Crippen LogP contribution in [0, 0.1) is 13.8 Å². The van der Waals surface area contributed by atoms with Gasteiger partial charge in [-0.3, -0.25) is 4.90 Å². The number of benzene rings is 1. The average molecular weight is 251 g/mol. The van der Waals surface area contributed by atoms with Gasteiger partial charge in [0.2, 0.25) is 0 Å². The van der Waals surface area contributed by atoms with Gasteiger partial charge in [0.25, 0.3) is 0 Å². The van der Waals surface area contributed by atoms with Gasteiger partial charge in [0.15, 0.2) is 0 Å². The molecule has 0 unspecified atom stereocenters. The highest BCUT2D eigenvalue weighted by atomic mass is 16.5. The summed E-state index contributed by atoms with van der Waals surface area (Å²) >= 11 is 0. The van der Waals surface area contributed by atoms with Crippen molar-refractivity contribution in [3.8, 4) is 11.5 Å². The monoisotopic (exact) mass is 251 g/mol. The number of phenols is 1. The van der Waals surface area contributed by atoms with Crippen molar-refractivity contribution in [2.75, 3.05) is 19.7 Å². The Balaban J connectivity index is 2.69. The van der Waals surface area contributed by atoms with Crippen LogP contribution in [0.4, 0.5) is 0 Å². The van der Waals surface area contributed by atoms with Gasteiger partial charge in [0.05, 0.1) is 0 Å². The van der Waals surface area contributed by atoms with Crippen molar-refractivity contribution in [3.05, 3.63) is 23.3 Å². The molecular formula is C15H25NO2. The highest BCUT2D eigenvalue weighted by Gasteiger charge is 2.12. The van der Waals surface area contributed by atoms with Crippen LogP contribution < -0.4 is 4.74 Å². The van der Waals surface area contributed by atoms with E-state index in [2.05, 4.69) is 25.7 Å². The molecule has 0 fully saturated rings. The van der Waals surface area contributed by atoms with Crippen LogP contribution in [-0.2, 0) is 0 Å². The zero-order valence-corrected chi connectivity index (χ0v) is 12.2. The molecule has 0 saturated heterocycles. The summed E-state index contributed by atoms with van der Waals surface area (Å²) in [6, 6.07) is 3.88. The molecule has 3 heteroatoms. The highest BCUT2D eigenvalue weighted by molar-refractivity contribution is 5.45. The molecule has 1 rings (SSSR count). The van der Waals surface area contributed by atoms with E-state index in [4.69, 9.17) is 4.74 Å². The predicted octanol–water partition coefficient (Wildman–Crippen LogP) is 3.12. The number of hydrogen-bond acceptors (Lipinski definition) is 3. The molecule has 1 N–H and O–H groups in total. The molecule has 102 valence electrons. The van der Waals surface area contributed by atoms with E-state index in [0.29, 0.717) is 18.4 Å². The number of likely N-dealkylation sites (N-methyl/N-ethyl adjacent to an activating group) is 1. The summed E-state index contributed by atoms with van der Waals surface area (Å²) in [5.41, 5.74) is 1.97. The van der Waals surface area contributed by atoms with Crippen LogP contribution in [0.5, 0.6) is 11.5 Å². The third-order valence-electron chi connectivity index (χ3n) is 3.35. The van der Waals surface area contributed by atoms with Gasteiger partial charge in [-0.1, -0.05) is 13.8 Å². The van der Waals surface area contributed by atoms with Gasteiger partial charge in [-0.25, -0.2) is 0 Å². The van der Waals surface area contributed by atoms with Crippen molar-refractivity contribution in [2.24, 2.45) is 0 Å². The Labute approximate surface area is 110 Å². The summed E-state index contributed by atoms with van der Waals surface area (Å²) in [7, 11) is 0. The maximum atomic E-state index is 9.50. The van der Waals surface area contributed by atoms with E-state index in [9.17, 15) is 5.11 Å². The maximum Gasteiger partial charge on any atom is 0.125 e. The number of nitrogens with zero attached hydrogens (tertiary/aromatic N) is 1. The normalized spacial score (nSPS) is 12.8. The molecule has 1 aromatic rings. The minimum Gasteiger partial charge on any atom is -0.508 e. The molecule has 0 bridgehead atoms. The molecule has 3 nitrogen and oxygen atoms in total. The molecule has 0 aromatic heterocycles. The quantitative estimate of drug-likeness (QED) is 0.843. The van der Waals surface area contributed by atoms with Crippen molar-refractivity contribution < 1.29 is 9.84 Å². The molecule has 0 aliphatic heterocycles. The zero-order chi connectivity index (χ0) is 13.7. The fourth-order valence-electron chi connectivity index (χ4n) is 2.31. The first-order valence-electron chi connectivity index (χ1n) is 6.66. The second-order valence-electron chi connectivity index (χ2n) is 4.79. The topological polar surface area (TPSA) is 32.7 Å². The van der Waals surface area contributed by atoms with Gasteiger partial charge in [-0.2, -0.15) is 0 Å². The first-order valence-corrected chi connectivity index (χ1v) is 6.66. The molecule has 0 radical (unpaired) electrons. The van der Waals surface area contributed by atoms with Gasteiger partial charge in [0, 0.05) is 6.04 Å². The van der Waals surface area contributed by atoms with E-state index < -0.39 is 0 Å². The molecule has 0 spiro atoms. The molecule has 0 aliphatic carbocycles. The van der Waals surface area contributed by atoms with Crippen LogP contribution >= 0.6 is 0 Å². The van der Waals surface area contributed by atoms with E-state index in [-0.39, 0.29) is 0 Å². The Morgan fingerprint density at radius 2 is 1.67 bits per heavy atom. The Morgan fingerprint density at radius 3 is 2.11 bits per heavy atom. The second-order valence-corrected chi connectivity index (χ2v) is 4.79.